The molecule has 5 heteroatoms. The van der Waals surface area contributed by atoms with E-state index in [1.165, 1.54) is 11.3 Å². The maximum Gasteiger partial charge on any atom is 0.225 e. The van der Waals surface area contributed by atoms with Crippen LogP contribution in [0.2, 0.25) is 0 Å². The van der Waals surface area contributed by atoms with Crippen molar-refractivity contribution in [3.8, 4) is 0 Å². The summed E-state index contributed by atoms with van der Waals surface area (Å²) in [5.41, 5.74) is 2.01. The first kappa shape index (κ1) is 13.5. The molecule has 0 unspecified atom stereocenters. The van der Waals surface area contributed by atoms with Gasteiger partial charge in [-0.05, 0) is 19.1 Å². The Morgan fingerprint density at radius 3 is 2.74 bits per heavy atom. The maximum atomic E-state index is 11.4. The minimum absolute atomic E-state index is 0.0272. The highest BCUT2D eigenvalue weighted by molar-refractivity contribution is 7.14. The van der Waals surface area contributed by atoms with E-state index < -0.39 is 0 Å². The summed E-state index contributed by atoms with van der Waals surface area (Å²) in [7, 11) is 0. The molecule has 1 aromatic heterocycles. The third-order valence-corrected chi connectivity index (χ3v) is 3.63. The Balaban J connectivity index is 1.99. The number of carbonyl (C=O) groups excluding carboxylic acids is 1. The zero-order valence-electron chi connectivity index (χ0n) is 11.1. The number of hydrogen-bond acceptors (Lipinski definition) is 4. The predicted molar refractivity (Wildman–Crippen MR) is 79.6 cm³/mol. The van der Waals surface area contributed by atoms with Crippen molar-refractivity contribution in [3.63, 3.8) is 0 Å². The van der Waals surface area contributed by atoms with Gasteiger partial charge >= 0.3 is 0 Å². The van der Waals surface area contributed by atoms with Crippen molar-refractivity contribution in [2.75, 3.05) is 16.8 Å². The highest BCUT2D eigenvalue weighted by Crippen LogP contribution is 2.21. The Morgan fingerprint density at radius 2 is 2.11 bits per heavy atom. The average molecular weight is 275 g/mol. The first-order valence-electron chi connectivity index (χ1n) is 6.22. The van der Waals surface area contributed by atoms with Gasteiger partial charge in [-0.2, -0.15) is 0 Å². The zero-order valence-corrected chi connectivity index (χ0v) is 11.9. The summed E-state index contributed by atoms with van der Waals surface area (Å²) < 4.78 is 0. The molecule has 0 saturated heterocycles. The van der Waals surface area contributed by atoms with Crippen LogP contribution >= 0.6 is 11.3 Å². The van der Waals surface area contributed by atoms with E-state index in [4.69, 9.17) is 0 Å². The number of nitrogens with zero attached hydrogens (tertiary/aromatic N) is 2. The smallest absolute Gasteiger partial charge is 0.225 e. The Morgan fingerprint density at radius 1 is 1.37 bits per heavy atom. The van der Waals surface area contributed by atoms with Crippen LogP contribution in [0.4, 0.5) is 10.8 Å². The Labute approximate surface area is 117 Å². The SMILES string of the molecule is CCN(C(C)=O)c1nc(CNc2ccccc2)cs1. The molecule has 1 N–H and O–H groups in total. The van der Waals surface area contributed by atoms with Gasteiger partial charge in [0.15, 0.2) is 5.13 Å². The molecule has 19 heavy (non-hydrogen) atoms. The summed E-state index contributed by atoms with van der Waals surface area (Å²) in [4.78, 5) is 17.6. The molecular weight excluding hydrogens is 258 g/mol. The zero-order chi connectivity index (χ0) is 13.7. The number of carbonyl (C=O) groups is 1. The molecule has 0 radical (unpaired) electrons. The quantitative estimate of drug-likeness (QED) is 0.912. The van der Waals surface area contributed by atoms with E-state index in [-0.39, 0.29) is 5.91 Å². The standard InChI is InChI=1S/C14H17N3OS/c1-3-17(11(2)18)14-16-13(10-19-14)9-15-12-7-5-4-6-8-12/h4-8,10,15H,3,9H2,1-2H3. The summed E-state index contributed by atoms with van der Waals surface area (Å²) in [6.07, 6.45) is 0. The van der Waals surface area contributed by atoms with Gasteiger partial charge in [-0.15, -0.1) is 11.3 Å². The Hall–Kier alpha value is -1.88. The van der Waals surface area contributed by atoms with Gasteiger partial charge in [0.25, 0.3) is 0 Å². The van der Waals surface area contributed by atoms with Crippen molar-refractivity contribution < 1.29 is 4.79 Å². The molecule has 0 spiro atoms. The second-order valence-electron chi connectivity index (χ2n) is 4.10. The highest BCUT2D eigenvalue weighted by Gasteiger charge is 2.13. The van der Waals surface area contributed by atoms with Crippen LogP contribution in [0.25, 0.3) is 0 Å². The van der Waals surface area contributed by atoms with Crippen molar-refractivity contribution >= 4 is 28.1 Å². The molecular formula is C14H17N3OS. The van der Waals surface area contributed by atoms with Crippen molar-refractivity contribution in [2.24, 2.45) is 0 Å². The van der Waals surface area contributed by atoms with Gasteiger partial charge < -0.3 is 5.32 Å². The molecule has 0 fully saturated rings. The molecule has 1 aromatic carbocycles. The van der Waals surface area contributed by atoms with Crippen LogP contribution in [-0.2, 0) is 11.3 Å². The summed E-state index contributed by atoms with van der Waals surface area (Å²) in [6, 6.07) is 9.99. The van der Waals surface area contributed by atoms with Crippen LogP contribution in [0.1, 0.15) is 19.5 Å². The molecule has 2 aromatic rings. The lowest BCUT2D eigenvalue weighted by Gasteiger charge is -2.14. The molecule has 4 nitrogen and oxygen atoms in total. The van der Waals surface area contributed by atoms with Gasteiger partial charge in [-0.1, -0.05) is 18.2 Å². The third kappa shape index (κ3) is 3.54. The Bertz CT molecular complexity index is 539. The van der Waals surface area contributed by atoms with Crippen molar-refractivity contribution in [1.29, 1.82) is 0 Å². The monoisotopic (exact) mass is 275 g/mol. The summed E-state index contributed by atoms with van der Waals surface area (Å²) in [5, 5.41) is 6.05. The molecule has 100 valence electrons. The van der Waals surface area contributed by atoms with Crippen molar-refractivity contribution in [3.05, 3.63) is 41.4 Å². The number of aromatic nitrogens is 1. The normalized spacial score (nSPS) is 10.2. The van der Waals surface area contributed by atoms with Crippen molar-refractivity contribution in [1.82, 2.24) is 4.98 Å². The second-order valence-corrected chi connectivity index (χ2v) is 4.94. The summed E-state index contributed by atoms with van der Waals surface area (Å²) in [6.45, 7) is 4.82. The van der Waals surface area contributed by atoms with Crippen LogP contribution < -0.4 is 10.2 Å². The van der Waals surface area contributed by atoms with E-state index in [0.29, 0.717) is 13.1 Å². The molecule has 1 heterocycles. The number of benzene rings is 1. The van der Waals surface area contributed by atoms with Gasteiger partial charge in [-0.25, -0.2) is 4.98 Å². The van der Waals surface area contributed by atoms with E-state index in [9.17, 15) is 4.79 Å². The van der Waals surface area contributed by atoms with E-state index in [1.54, 1.807) is 11.8 Å². The summed E-state index contributed by atoms with van der Waals surface area (Å²) >= 11 is 1.50. The van der Waals surface area contributed by atoms with Crippen LogP contribution in [-0.4, -0.2) is 17.4 Å². The van der Waals surface area contributed by atoms with E-state index in [2.05, 4.69) is 10.3 Å². The largest absolute Gasteiger partial charge is 0.379 e. The fourth-order valence-corrected chi connectivity index (χ4v) is 2.68. The van der Waals surface area contributed by atoms with Crippen LogP contribution in [0.3, 0.4) is 0 Å². The first-order chi connectivity index (χ1) is 9.20. The van der Waals surface area contributed by atoms with Crippen LogP contribution in [0, 0.1) is 0 Å². The number of hydrogen-bond donors (Lipinski definition) is 1. The van der Waals surface area contributed by atoms with Crippen molar-refractivity contribution in [2.45, 2.75) is 20.4 Å². The first-order valence-corrected chi connectivity index (χ1v) is 7.10. The number of nitrogens with one attached hydrogen (secondary N) is 1. The highest BCUT2D eigenvalue weighted by atomic mass is 32.1. The van der Waals surface area contributed by atoms with E-state index >= 15 is 0 Å². The minimum atomic E-state index is 0.0272. The topological polar surface area (TPSA) is 45.2 Å². The summed E-state index contributed by atoms with van der Waals surface area (Å²) in [5.74, 6) is 0.0272. The molecule has 0 aliphatic rings. The molecule has 2 rings (SSSR count). The number of rotatable bonds is 5. The fraction of sp³-hybridized carbons (Fsp3) is 0.286. The fourth-order valence-electron chi connectivity index (χ4n) is 1.74. The lowest BCUT2D eigenvalue weighted by atomic mass is 10.3. The van der Waals surface area contributed by atoms with Gasteiger partial charge in [0.1, 0.15) is 0 Å². The number of para-hydroxylation sites is 1. The number of thiazole rings is 1. The molecule has 0 saturated carbocycles. The second kappa shape index (κ2) is 6.33. The molecule has 0 atom stereocenters. The lowest BCUT2D eigenvalue weighted by molar-refractivity contribution is -0.116. The predicted octanol–water partition coefficient (Wildman–Crippen LogP) is 3.13. The maximum absolute atomic E-state index is 11.4. The van der Waals surface area contributed by atoms with Gasteiger partial charge in [0.2, 0.25) is 5.91 Å². The van der Waals surface area contributed by atoms with E-state index in [0.717, 1.165) is 16.5 Å². The van der Waals surface area contributed by atoms with Gasteiger partial charge in [-0.3, -0.25) is 9.69 Å². The van der Waals surface area contributed by atoms with Crippen LogP contribution in [0.5, 0.6) is 0 Å². The number of anilines is 2. The Kier molecular flexibility index (Phi) is 4.52. The average Bonchev–Trinajstić information content (AvgIpc) is 2.87. The van der Waals surface area contributed by atoms with E-state index in [1.807, 2.05) is 42.6 Å². The van der Waals surface area contributed by atoms with Gasteiger partial charge in [0, 0.05) is 24.5 Å². The van der Waals surface area contributed by atoms with Crippen LogP contribution in [0.15, 0.2) is 35.7 Å². The van der Waals surface area contributed by atoms with Gasteiger partial charge in [0.05, 0.1) is 12.2 Å². The molecule has 0 bridgehead atoms. The molecule has 0 aliphatic heterocycles. The minimum Gasteiger partial charge on any atom is -0.379 e. The third-order valence-electron chi connectivity index (χ3n) is 2.71. The number of amides is 1. The molecule has 1 amide bonds. The lowest BCUT2D eigenvalue weighted by Crippen LogP contribution is -2.27. The molecule has 0 aliphatic carbocycles.